The number of hydrogen-bond acceptors (Lipinski definition) is 4. The Hall–Kier alpha value is -1.88. The summed E-state index contributed by atoms with van der Waals surface area (Å²) >= 11 is 0. The van der Waals surface area contributed by atoms with Crippen molar-refractivity contribution >= 4 is 11.9 Å². The van der Waals surface area contributed by atoms with Crippen LogP contribution < -0.4 is 5.73 Å². The number of nitrogens with two attached hydrogens (primary N) is 1. The van der Waals surface area contributed by atoms with E-state index in [0.717, 1.165) is 25.7 Å². The van der Waals surface area contributed by atoms with Gasteiger partial charge in [0, 0.05) is 12.7 Å². The van der Waals surface area contributed by atoms with Crippen molar-refractivity contribution in [1.82, 2.24) is 0 Å². The zero-order valence-electron chi connectivity index (χ0n) is 11.5. The molecule has 2 rings (SSSR count). The summed E-state index contributed by atoms with van der Waals surface area (Å²) in [5, 5.41) is 0. The first-order valence-corrected chi connectivity index (χ1v) is 6.75. The number of methoxy groups -OCH3 is 1. The number of benzene rings is 1. The van der Waals surface area contributed by atoms with Crippen molar-refractivity contribution in [2.75, 3.05) is 7.11 Å². The van der Waals surface area contributed by atoms with Crippen LogP contribution >= 0.6 is 0 Å². The Kier molecular flexibility index (Phi) is 4.74. The smallest absolute Gasteiger partial charge is 0.338 e. The molecule has 0 saturated heterocycles. The lowest BCUT2D eigenvalue weighted by molar-refractivity contribution is -0.0539. The Morgan fingerprint density at radius 1 is 1.05 bits per heavy atom. The Morgan fingerprint density at radius 2 is 1.60 bits per heavy atom. The number of esters is 1. The first-order chi connectivity index (χ1) is 9.61. The summed E-state index contributed by atoms with van der Waals surface area (Å²) in [6, 6.07) is 6.14. The van der Waals surface area contributed by atoms with Gasteiger partial charge in [-0.15, -0.1) is 0 Å². The molecule has 0 aliphatic heterocycles. The number of amides is 1. The largest absolute Gasteiger partial charge is 0.456 e. The lowest BCUT2D eigenvalue weighted by atomic mass is 9.94. The molecule has 0 heterocycles. The quantitative estimate of drug-likeness (QED) is 0.852. The van der Waals surface area contributed by atoms with Gasteiger partial charge in [-0.25, -0.2) is 4.79 Å². The summed E-state index contributed by atoms with van der Waals surface area (Å²) in [6.07, 6.45) is 3.64. The van der Waals surface area contributed by atoms with Crippen LogP contribution in [0.3, 0.4) is 0 Å². The van der Waals surface area contributed by atoms with Crippen LogP contribution in [0, 0.1) is 0 Å². The van der Waals surface area contributed by atoms with Gasteiger partial charge in [0.1, 0.15) is 6.10 Å². The van der Waals surface area contributed by atoms with E-state index in [1.54, 1.807) is 19.2 Å². The standard InChI is InChI=1S/C15H19NO4/c1-19-12-4-2-3-5-13(12)20-15(18)11-8-6-10(7-9-11)14(16)17/h6-9,12-13H,2-5H2,1H3,(H2,16,17)/t12-,13+/m0/s1. The molecule has 108 valence electrons. The Morgan fingerprint density at radius 3 is 2.15 bits per heavy atom. The maximum atomic E-state index is 12.1. The highest BCUT2D eigenvalue weighted by Gasteiger charge is 2.28. The van der Waals surface area contributed by atoms with Crippen molar-refractivity contribution in [1.29, 1.82) is 0 Å². The summed E-state index contributed by atoms with van der Waals surface area (Å²) < 4.78 is 10.9. The molecule has 5 heteroatoms. The maximum Gasteiger partial charge on any atom is 0.338 e. The summed E-state index contributed by atoms with van der Waals surface area (Å²) in [4.78, 5) is 23.0. The van der Waals surface area contributed by atoms with E-state index in [0.29, 0.717) is 11.1 Å². The van der Waals surface area contributed by atoms with Gasteiger partial charge in [0.2, 0.25) is 5.91 Å². The predicted molar refractivity (Wildman–Crippen MR) is 73.4 cm³/mol. The van der Waals surface area contributed by atoms with Crippen molar-refractivity contribution in [3.8, 4) is 0 Å². The third-order valence-electron chi connectivity index (χ3n) is 3.61. The van der Waals surface area contributed by atoms with E-state index in [2.05, 4.69) is 0 Å². The van der Waals surface area contributed by atoms with Crippen molar-refractivity contribution in [3.63, 3.8) is 0 Å². The van der Waals surface area contributed by atoms with Crippen molar-refractivity contribution < 1.29 is 19.1 Å². The van der Waals surface area contributed by atoms with E-state index in [1.165, 1.54) is 12.1 Å². The van der Waals surface area contributed by atoms with E-state index < -0.39 is 11.9 Å². The normalized spacial score (nSPS) is 22.2. The average Bonchev–Trinajstić information content (AvgIpc) is 2.48. The number of carbonyl (C=O) groups is 2. The second kappa shape index (κ2) is 6.52. The zero-order chi connectivity index (χ0) is 14.5. The number of rotatable bonds is 4. The molecule has 1 aromatic rings. The van der Waals surface area contributed by atoms with Crippen LogP contribution in [0.4, 0.5) is 0 Å². The fraction of sp³-hybridized carbons (Fsp3) is 0.467. The monoisotopic (exact) mass is 277 g/mol. The molecule has 1 aliphatic rings. The summed E-state index contributed by atoms with van der Waals surface area (Å²) in [6.45, 7) is 0. The number of ether oxygens (including phenoxy) is 2. The molecule has 1 saturated carbocycles. The third-order valence-corrected chi connectivity index (χ3v) is 3.61. The van der Waals surface area contributed by atoms with E-state index >= 15 is 0 Å². The van der Waals surface area contributed by atoms with Gasteiger partial charge in [0.25, 0.3) is 0 Å². The Bertz CT molecular complexity index is 483. The van der Waals surface area contributed by atoms with Crippen LogP contribution in [0.15, 0.2) is 24.3 Å². The minimum atomic E-state index is -0.517. The molecule has 0 unspecified atom stereocenters. The molecule has 1 aromatic carbocycles. The molecule has 1 aliphatic carbocycles. The summed E-state index contributed by atoms with van der Waals surface area (Å²) in [5.41, 5.74) is 5.94. The van der Waals surface area contributed by atoms with Gasteiger partial charge in [-0.05, 0) is 43.5 Å². The van der Waals surface area contributed by atoms with Gasteiger partial charge < -0.3 is 15.2 Å². The van der Waals surface area contributed by atoms with Crippen molar-refractivity contribution in [3.05, 3.63) is 35.4 Å². The fourth-order valence-electron chi connectivity index (χ4n) is 2.44. The topological polar surface area (TPSA) is 78.6 Å². The summed E-state index contributed by atoms with van der Waals surface area (Å²) in [5.74, 6) is -0.911. The van der Waals surface area contributed by atoms with E-state index in [1.807, 2.05) is 0 Å². The molecule has 1 fully saturated rings. The molecule has 2 N–H and O–H groups in total. The van der Waals surface area contributed by atoms with Gasteiger partial charge in [0.05, 0.1) is 11.7 Å². The fourth-order valence-corrected chi connectivity index (χ4v) is 2.44. The lowest BCUT2D eigenvalue weighted by Gasteiger charge is -2.29. The second-order valence-corrected chi connectivity index (χ2v) is 4.94. The molecular weight excluding hydrogens is 258 g/mol. The second-order valence-electron chi connectivity index (χ2n) is 4.94. The van der Waals surface area contributed by atoms with Gasteiger partial charge >= 0.3 is 5.97 Å². The van der Waals surface area contributed by atoms with Gasteiger partial charge in [-0.1, -0.05) is 6.42 Å². The highest BCUT2D eigenvalue weighted by Crippen LogP contribution is 2.24. The molecule has 0 aromatic heterocycles. The zero-order valence-corrected chi connectivity index (χ0v) is 11.5. The van der Waals surface area contributed by atoms with Crippen LogP contribution in [0.2, 0.25) is 0 Å². The van der Waals surface area contributed by atoms with Gasteiger partial charge in [-0.2, -0.15) is 0 Å². The SMILES string of the molecule is CO[C@H]1CCCC[C@H]1OC(=O)c1ccc(C(N)=O)cc1. The van der Waals surface area contributed by atoms with Crippen LogP contribution in [-0.2, 0) is 9.47 Å². The highest BCUT2D eigenvalue weighted by molar-refractivity contribution is 5.95. The van der Waals surface area contributed by atoms with Gasteiger partial charge in [-0.3, -0.25) is 4.79 Å². The molecule has 0 bridgehead atoms. The van der Waals surface area contributed by atoms with Crippen LogP contribution in [0.5, 0.6) is 0 Å². The minimum Gasteiger partial charge on any atom is -0.456 e. The van der Waals surface area contributed by atoms with Crippen molar-refractivity contribution in [2.24, 2.45) is 5.73 Å². The Labute approximate surface area is 118 Å². The lowest BCUT2D eigenvalue weighted by Crippen LogP contribution is -2.35. The van der Waals surface area contributed by atoms with Crippen molar-refractivity contribution in [2.45, 2.75) is 37.9 Å². The molecule has 1 amide bonds. The molecule has 2 atom stereocenters. The molecule has 0 radical (unpaired) electrons. The first kappa shape index (κ1) is 14.5. The van der Waals surface area contributed by atoms with Crippen LogP contribution in [-0.4, -0.2) is 31.2 Å². The summed E-state index contributed by atoms with van der Waals surface area (Å²) in [7, 11) is 1.64. The highest BCUT2D eigenvalue weighted by atomic mass is 16.6. The molecular formula is C15H19NO4. The van der Waals surface area contributed by atoms with Gasteiger partial charge in [0.15, 0.2) is 0 Å². The third kappa shape index (κ3) is 3.36. The van der Waals surface area contributed by atoms with E-state index in [4.69, 9.17) is 15.2 Å². The molecule has 5 nitrogen and oxygen atoms in total. The van der Waals surface area contributed by atoms with E-state index in [-0.39, 0.29) is 12.2 Å². The minimum absolute atomic E-state index is 0.0300. The number of carbonyl (C=O) groups excluding carboxylic acids is 2. The molecule has 0 spiro atoms. The number of primary amides is 1. The Balaban J connectivity index is 2.01. The maximum absolute atomic E-state index is 12.1. The average molecular weight is 277 g/mol. The van der Waals surface area contributed by atoms with Crippen LogP contribution in [0.25, 0.3) is 0 Å². The molecule has 20 heavy (non-hydrogen) atoms. The van der Waals surface area contributed by atoms with Crippen LogP contribution in [0.1, 0.15) is 46.4 Å². The predicted octanol–water partition coefficient (Wildman–Crippen LogP) is 1.90. The van der Waals surface area contributed by atoms with E-state index in [9.17, 15) is 9.59 Å². The number of hydrogen-bond donors (Lipinski definition) is 1. The first-order valence-electron chi connectivity index (χ1n) is 6.75.